The number of carbonyl (C=O) groups is 1. The summed E-state index contributed by atoms with van der Waals surface area (Å²) in [6.07, 6.45) is 2.10. The molecule has 3 aromatic rings. The van der Waals surface area contributed by atoms with E-state index in [0.717, 1.165) is 6.42 Å². The number of hydrogen-bond acceptors (Lipinski definition) is 4. The third-order valence-corrected chi connectivity index (χ3v) is 5.92. The van der Waals surface area contributed by atoms with Crippen LogP contribution in [0.1, 0.15) is 27.6 Å². The Kier molecular flexibility index (Phi) is 5.78. The van der Waals surface area contributed by atoms with Crippen molar-refractivity contribution in [2.45, 2.75) is 19.0 Å². The van der Waals surface area contributed by atoms with Crippen molar-refractivity contribution in [3.05, 3.63) is 93.2 Å². The highest BCUT2D eigenvalue weighted by Gasteiger charge is 2.31. The van der Waals surface area contributed by atoms with E-state index >= 15 is 0 Å². The summed E-state index contributed by atoms with van der Waals surface area (Å²) in [6, 6.07) is 13.6. The van der Waals surface area contributed by atoms with Gasteiger partial charge in [-0.25, -0.2) is 14.2 Å². The van der Waals surface area contributed by atoms with Gasteiger partial charge >= 0.3 is 0 Å². The largest absolute Gasteiger partial charge is 0.284 e. The van der Waals surface area contributed by atoms with Gasteiger partial charge in [-0.2, -0.15) is 5.10 Å². The molecular weight excluding hydrogens is 392 g/mol. The van der Waals surface area contributed by atoms with Crippen LogP contribution in [0.15, 0.2) is 65.1 Å². The van der Waals surface area contributed by atoms with E-state index in [1.54, 1.807) is 41.7 Å². The van der Waals surface area contributed by atoms with Crippen LogP contribution >= 0.6 is 11.3 Å². The smallest absolute Gasteiger partial charge is 0.262 e. The second kappa shape index (κ2) is 8.63. The van der Waals surface area contributed by atoms with E-state index in [4.69, 9.17) is 0 Å². The van der Waals surface area contributed by atoms with E-state index in [9.17, 15) is 13.6 Å². The molecule has 7 heteroatoms. The van der Waals surface area contributed by atoms with Gasteiger partial charge in [-0.3, -0.25) is 9.69 Å². The van der Waals surface area contributed by atoms with Crippen LogP contribution in [-0.2, 0) is 17.8 Å². The maximum Gasteiger partial charge on any atom is 0.262 e. The molecule has 1 amide bonds. The van der Waals surface area contributed by atoms with E-state index in [1.807, 2.05) is 10.3 Å². The normalized spacial score (nSPS) is 15.2. The lowest BCUT2D eigenvalue weighted by Crippen LogP contribution is -2.41. The molecule has 4 nitrogen and oxygen atoms in total. The Balaban J connectivity index is 1.57. The lowest BCUT2D eigenvalue weighted by molar-refractivity contribution is -0.127. The topological polar surface area (TPSA) is 44.7 Å². The highest BCUT2D eigenvalue weighted by atomic mass is 32.1. The zero-order valence-corrected chi connectivity index (χ0v) is 16.3. The van der Waals surface area contributed by atoms with Gasteiger partial charge in [-0.1, -0.05) is 30.3 Å². The molecule has 0 spiro atoms. The van der Waals surface area contributed by atoms with Gasteiger partial charge in [0.05, 0.1) is 6.21 Å². The van der Waals surface area contributed by atoms with Crippen molar-refractivity contribution in [2.75, 3.05) is 6.54 Å². The van der Waals surface area contributed by atoms with E-state index in [2.05, 4.69) is 16.6 Å². The lowest BCUT2D eigenvalue weighted by Gasteiger charge is -2.33. The molecule has 1 aliphatic rings. The summed E-state index contributed by atoms with van der Waals surface area (Å²) < 4.78 is 27.6. The first-order valence-corrected chi connectivity index (χ1v) is 10.1. The zero-order valence-electron chi connectivity index (χ0n) is 15.5. The Bertz CT molecular complexity index is 1050. The number of halogens is 2. The first-order valence-electron chi connectivity index (χ1n) is 9.24. The Morgan fingerprint density at radius 2 is 2.03 bits per heavy atom. The van der Waals surface area contributed by atoms with Crippen molar-refractivity contribution in [3.63, 3.8) is 0 Å². The molecule has 1 aliphatic heterocycles. The molecule has 2 heterocycles. The number of hydrogen-bond donors (Lipinski definition) is 1. The molecule has 0 bridgehead atoms. The maximum absolute atomic E-state index is 13.8. The molecule has 148 valence electrons. The third-order valence-electron chi connectivity index (χ3n) is 4.90. The van der Waals surface area contributed by atoms with E-state index < -0.39 is 17.7 Å². The average molecular weight is 411 g/mol. The molecule has 1 unspecified atom stereocenters. The molecule has 0 saturated carbocycles. The standard InChI is InChI=1S/C22H19F2N3OS/c23-18-6-3-5-15(12-18)21(27-10-8-20-17(14-27)9-11-29-20)22(28)26-25-13-16-4-1-2-7-19(16)24/h1-7,9,11-13,21H,8,10,14H2,(H,26,28)/b25-13+. The van der Waals surface area contributed by atoms with Gasteiger partial charge in [0, 0.05) is 23.5 Å². The molecule has 4 rings (SSSR count). The van der Waals surface area contributed by atoms with Crippen LogP contribution in [0.4, 0.5) is 8.78 Å². The van der Waals surface area contributed by atoms with Crippen molar-refractivity contribution >= 4 is 23.5 Å². The summed E-state index contributed by atoms with van der Waals surface area (Å²) in [6.45, 7) is 1.28. The van der Waals surface area contributed by atoms with E-state index in [-0.39, 0.29) is 11.5 Å². The summed E-state index contributed by atoms with van der Waals surface area (Å²) in [5.74, 6) is -1.21. The summed E-state index contributed by atoms with van der Waals surface area (Å²) in [5.41, 5.74) is 4.51. The number of nitrogens with one attached hydrogen (secondary N) is 1. The molecule has 0 fully saturated rings. The van der Waals surface area contributed by atoms with Crippen LogP contribution in [0.3, 0.4) is 0 Å². The molecular formula is C22H19F2N3OS. The van der Waals surface area contributed by atoms with E-state index in [1.165, 1.54) is 34.9 Å². The number of amides is 1. The Hall–Kier alpha value is -2.90. The van der Waals surface area contributed by atoms with Crippen LogP contribution in [0.5, 0.6) is 0 Å². The fourth-order valence-corrected chi connectivity index (χ4v) is 4.39. The number of benzene rings is 2. The van der Waals surface area contributed by atoms with E-state index in [0.29, 0.717) is 18.7 Å². The Morgan fingerprint density at radius 3 is 2.86 bits per heavy atom. The summed E-state index contributed by atoms with van der Waals surface area (Å²) >= 11 is 1.71. The summed E-state index contributed by atoms with van der Waals surface area (Å²) in [5, 5.41) is 5.96. The average Bonchev–Trinajstić information content (AvgIpc) is 3.18. The highest BCUT2D eigenvalue weighted by Crippen LogP contribution is 2.31. The van der Waals surface area contributed by atoms with Crippen molar-refractivity contribution in [2.24, 2.45) is 5.10 Å². The van der Waals surface area contributed by atoms with Crippen molar-refractivity contribution in [3.8, 4) is 0 Å². The van der Waals surface area contributed by atoms with Crippen LogP contribution in [0, 0.1) is 11.6 Å². The molecule has 1 atom stereocenters. The summed E-state index contributed by atoms with van der Waals surface area (Å²) in [7, 11) is 0. The molecule has 0 aliphatic carbocycles. The number of nitrogens with zero attached hydrogens (tertiary/aromatic N) is 2. The third kappa shape index (κ3) is 4.41. The number of fused-ring (bicyclic) bond motifs is 1. The second-order valence-corrected chi connectivity index (χ2v) is 7.80. The molecule has 0 radical (unpaired) electrons. The van der Waals surface area contributed by atoms with Crippen molar-refractivity contribution < 1.29 is 13.6 Å². The maximum atomic E-state index is 13.8. The fourth-order valence-electron chi connectivity index (χ4n) is 3.50. The number of rotatable bonds is 5. The molecule has 1 aromatic heterocycles. The van der Waals surface area contributed by atoms with Crippen LogP contribution in [-0.4, -0.2) is 23.6 Å². The minimum absolute atomic E-state index is 0.274. The minimum atomic E-state index is -0.698. The quantitative estimate of drug-likeness (QED) is 0.503. The Morgan fingerprint density at radius 1 is 1.17 bits per heavy atom. The number of thiophene rings is 1. The van der Waals surface area contributed by atoms with Crippen molar-refractivity contribution in [1.82, 2.24) is 10.3 Å². The van der Waals surface area contributed by atoms with Gasteiger partial charge in [0.25, 0.3) is 5.91 Å². The minimum Gasteiger partial charge on any atom is -0.284 e. The number of hydrazone groups is 1. The van der Waals surface area contributed by atoms with Gasteiger partial charge in [0.1, 0.15) is 17.7 Å². The first-order chi connectivity index (χ1) is 14.1. The van der Waals surface area contributed by atoms with Crippen LogP contribution < -0.4 is 5.43 Å². The van der Waals surface area contributed by atoms with Gasteiger partial charge in [-0.15, -0.1) is 11.3 Å². The second-order valence-electron chi connectivity index (χ2n) is 6.80. The fraction of sp³-hybridized carbons (Fsp3) is 0.182. The zero-order chi connectivity index (χ0) is 20.2. The molecule has 0 saturated heterocycles. The highest BCUT2D eigenvalue weighted by molar-refractivity contribution is 7.10. The molecule has 1 N–H and O–H groups in total. The van der Waals surface area contributed by atoms with Gasteiger partial charge in [0.2, 0.25) is 0 Å². The number of carbonyl (C=O) groups excluding carboxylic acids is 1. The van der Waals surface area contributed by atoms with Gasteiger partial charge in [-0.05, 0) is 47.2 Å². The SMILES string of the molecule is O=C(N/N=C/c1ccccc1F)C(c1cccc(F)c1)N1CCc2sccc2C1. The monoisotopic (exact) mass is 411 g/mol. The molecule has 29 heavy (non-hydrogen) atoms. The van der Waals surface area contributed by atoms with Gasteiger partial charge < -0.3 is 0 Å². The Labute approximate surface area is 171 Å². The first kappa shape index (κ1) is 19.4. The van der Waals surface area contributed by atoms with Crippen LogP contribution in [0.2, 0.25) is 0 Å². The summed E-state index contributed by atoms with van der Waals surface area (Å²) in [4.78, 5) is 16.3. The predicted octanol–water partition coefficient (Wildman–Crippen LogP) is 4.28. The van der Waals surface area contributed by atoms with Gasteiger partial charge in [0.15, 0.2) is 0 Å². The lowest BCUT2D eigenvalue weighted by atomic mass is 10.0. The molecule has 2 aromatic carbocycles. The van der Waals surface area contributed by atoms with Crippen LogP contribution in [0.25, 0.3) is 0 Å². The van der Waals surface area contributed by atoms with Crippen molar-refractivity contribution in [1.29, 1.82) is 0 Å². The predicted molar refractivity (Wildman–Crippen MR) is 110 cm³/mol.